The second kappa shape index (κ2) is 4.32. The minimum absolute atomic E-state index is 1.18. The van der Waals surface area contributed by atoms with Crippen LogP contribution < -0.4 is 0 Å². The van der Waals surface area contributed by atoms with Crippen LogP contribution in [0.25, 0.3) is 43.1 Å². The van der Waals surface area contributed by atoms with Crippen molar-refractivity contribution in [2.45, 2.75) is 0 Å². The summed E-state index contributed by atoms with van der Waals surface area (Å²) in [7, 11) is 0. The lowest BCUT2D eigenvalue weighted by Crippen LogP contribution is -1.81. The van der Waals surface area contributed by atoms with Crippen LogP contribution in [0.5, 0.6) is 0 Å². The Bertz CT molecular complexity index is 1070. The number of fused-ring (bicyclic) bond motifs is 6. The molecule has 0 unspecified atom stereocenters. The molecular formula is C22H13. The molecular weight excluding hydrogens is 264 g/mol. The molecule has 101 valence electrons. The Morgan fingerprint density at radius 3 is 2.09 bits per heavy atom. The Balaban J connectivity index is 2.02. The molecule has 1 radical (unpaired) electrons. The molecule has 0 aliphatic carbocycles. The predicted molar refractivity (Wildman–Crippen MR) is 95.3 cm³/mol. The molecule has 0 aliphatic heterocycles. The molecule has 5 aromatic carbocycles. The van der Waals surface area contributed by atoms with Crippen LogP contribution in [0, 0.1) is 6.07 Å². The highest BCUT2D eigenvalue weighted by Gasteiger charge is 2.05. The van der Waals surface area contributed by atoms with E-state index >= 15 is 0 Å². The fourth-order valence-corrected chi connectivity index (χ4v) is 3.44. The monoisotopic (exact) mass is 277 g/mol. The lowest BCUT2D eigenvalue weighted by atomic mass is 9.95. The van der Waals surface area contributed by atoms with Crippen molar-refractivity contribution in [2.24, 2.45) is 0 Å². The molecule has 0 heterocycles. The van der Waals surface area contributed by atoms with Gasteiger partial charge in [-0.1, -0.05) is 66.7 Å². The van der Waals surface area contributed by atoms with E-state index in [-0.39, 0.29) is 0 Å². The summed E-state index contributed by atoms with van der Waals surface area (Å²) in [5, 5.41) is 10.3. The van der Waals surface area contributed by atoms with Crippen LogP contribution in [-0.2, 0) is 0 Å². The summed E-state index contributed by atoms with van der Waals surface area (Å²) < 4.78 is 0. The van der Waals surface area contributed by atoms with E-state index in [1.807, 2.05) is 6.07 Å². The molecule has 0 saturated carbocycles. The summed E-state index contributed by atoms with van der Waals surface area (Å²) in [5.41, 5.74) is 0. The Morgan fingerprint density at radius 1 is 0.500 bits per heavy atom. The Hall–Kier alpha value is -2.86. The first-order valence-electron chi connectivity index (χ1n) is 7.55. The van der Waals surface area contributed by atoms with Crippen molar-refractivity contribution in [2.75, 3.05) is 0 Å². The van der Waals surface area contributed by atoms with Crippen molar-refractivity contribution in [1.29, 1.82) is 0 Å². The molecule has 0 nitrogen and oxygen atoms in total. The third-order valence-corrected chi connectivity index (χ3v) is 4.52. The number of hydrogen-bond acceptors (Lipinski definition) is 0. The van der Waals surface area contributed by atoms with Crippen molar-refractivity contribution < 1.29 is 0 Å². The first kappa shape index (κ1) is 11.8. The van der Waals surface area contributed by atoms with Crippen LogP contribution in [0.4, 0.5) is 0 Å². The normalized spacial score (nSPS) is 11.6. The smallest absolute Gasteiger partial charge is 0.00987 e. The molecule has 0 bridgehead atoms. The zero-order chi connectivity index (χ0) is 14.5. The molecule has 0 spiro atoms. The molecule has 0 heteroatoms. The van der Waals surface area contributed by atoms with Gasteiger partial charge in [-0.05, 0) is 61.3 Å². The summed E-state index contributed by atoms with van der Waals surface area (Å²) in [6.45, 7) is 0. The number of benzene rings is 5. The summed E-state index contributed by atoms with van der Waals surface area (Å²) >= 11 is 0. The van der Waals surface area contributed by atoms with E-state index in [0.717, 1.165) is 0 Å². The SMILES string of the molecule is [c]1cccc2c1ccc1cc3c(ccc4ccccc43)cc12. The molecule has 5 aromatic rings. The summed E-state index contributed by atoms with van der Waals surface area (Å²) in [6.07, 6.45) is 0. The van der Waals surface area contributed by atoms with Crippen molar-refractivity contribution in [3.8, 4) is 0 Å². The van der Waals surface area contributed by atoms with E-state index in [9.17, 15) is 0 Å². The van der Waals surface area contributed by atoms with Gasteiger partial charge in [0, 0.05) is 0 Å². The van der Waals surface area contributed by atoms with Crippen LogP contribution in [0.15, 0.2) is 78.9 Å². The van der Waals surface area contributed by atoms with Gasteiger partial charge in [0.1, 0.15) is 0 Å². The molecule has 0 aromatic heterocycles. The molecule has 0 aliphatic rings. The lowest BCUT2D eigenvalue weighted by molar-refractivity contribution is 1.77. The topological polar surface area (TPSA) is 0 Å². The largest absolute Gasteiger partial charge is 0.0616 e. The van der Waals surface area contributed by atoms with Gasteiger partial charge in [-0.2, -0.15) is 0 Å². The minimum atomic E-state index is 1.18. The highest BCUT2D eigenvalue weighted by atomic mass is 14.1. The predicted octanol–water partition coefficient (Wildman–Crippen LogP) is 6.10. The van der Waals surface area contributed by atoms with Crippen LogP contribution in [0.2, 0.25) is 0 Å². The highest BCUT2D eigenvalue weighted by Crippen LogP contribution is 2.32. The first-order valence-corrected chi connectivity index (χ1v) is 7.55. The van der Waals surface area contributed by atoms with Gasteiger partial charge in [-0.25, -0.2) is 0 Å². The second-order valence-corrected chi connectivity index (χ2v) is 5.78. The average Bonchev–Trinajstić information content (AvgIpc) is 2.60. The minimum Gasteiger partial charge on any atom is -0.0616 e. The van der Waals surface area contributed by atoms with Crippen LogP contribution in [-0.4, -0.2) is 0 Å². The van der Waals surface area contributed by atoms with Crippen molar-refractivity contribution in [1.82, 2.24) is 0 Å². The molecule has 22 heavy (non-hydrogen) atoms. The van der Waals surface area contributed by atoms with Gasteiger partial charge in [-0.3, -0.25) is 0 Å². The molecule has 0 N–H and O–H groups in total. The van der Waals surface area contributed by atoms with E-state index in [1.165, 1.54) is 43.1 Å². The fourth-order valence-electron chi connectivity index (χ4n) is 3.44. The van der Waals surface area contributed by atoms with Crippen molar-refractivity contribution in [3.05, 3.63) is 84.9 Å². The van der Waals surface area contributed by atoms with Crippen molar-refractivity contribution in [3.63, 3.8) is 0 Å². The molecule has 0 fully saturated rings. The second-order valence-electron chi connectivity index (χ2n) is 5.78. The maximum Gasteiger partial charge on any atom is -0.00987 e. The van der Waals surface area contributed by atoms with E-state index < -0.39 is 0 Å². The van der Waals surface area contributed by atoms with Crippen LogP contribution in [0.1, 0.15) is 0 Å². The first-order chi connectivity index (χ1) is 10.9. The summed E-state index contributed by atoms with van der Waals surface area (Å²) in [4.78, 5) is 0. The van der Waals surface area contributed by atoms with Crippen LogP contribution in [0.3, 0.4) is 0 Å². The number of hydrogen-bond donors (Lipinski definition) is 0. The standard InChI is InChI=1S/C22H13/c1-3-7-19-15(5-1)9-11-17-14-22-18(13-21(17)19)12-10-16-6-2-4-8-20(16)22/h1-5,7-14H. The molecule has 0 amide bonds. The average molecular weight is 277 g/mol. The van der Waals surface area contributed by atoms with Gasteiger partial charge in [0.25, 0.3) is 0 Å². The molecule has 5 rings (SSSR count). The van der Waals surface area contributed by atoms with E-state index in [2.05, 4.69) is 78.9 Å². The van der Waals surface area contributed by atoms with Crippen molar-refractivity contribution >= 4 is 43.1 Å². The highest BCUT2D eigenvalue weighted by molar-refractivity contribution is 6.17. The maximum atomic E-state index is 3.32. The van der Waals surface area contributed by atoms with E-state index in [4.69, 9.17) is 0 Å². The lowest BCUT2D eigenvalue weighted by Gasteiger charge is -2.08. The molecule has 0 atom stereocenters. The summed E-state index contributed by atoms with van der Waals surface area (Å²) in [6, 6.07) is 31.6. The van der Waals surface area contributed by atoms with Gasteiger partial charge in [0.2, 0.25) is 0 Å². The van der Waals surface area contributed by atoms with E-state index in [0.29, 0.717) is 0 Å². The third kappa shape index (κ3) is 1.58. The summed E-state index contributed by atoms with van der Waals surface area (Å²) in [5.74, 6) is 0. The Labute approximate surface area is 128 Å². The van der Waals surface area contributed by atoms with E-state index in [1.54, 1.807) is 0 Å². The zero-order valence-electron chi connectivity index (χ0n) is 12.0. The van der Waals surface area contributed by atoms with Gasteiger partial charge in [0.05, 0.1) is 0 Å². The molecule has 0 saturated heterocycles. The van der Waals surface area contributed by atoms with Gasteiger partial charge >= 0.3 is 0 Å². The zero-order valence-corrected chi connectivity index (χ0v) is 12.0. The Morgan fingerprint density at radius 2 is 1.18 bits per heavy atom. The van der Waals surface area contributed by atoms with Gasteiger partial charge in [0.15, 0.2) is 0 Å². The van der Waals surface area contributed by atoms with Crippen LogP contribution >= 0.6 is 0 Å². The fraction of sp³-hybridized carbons (Fsp3) is 0. The third-order valence-electron chi connectivity index (χ3n) is 4.52. The number of rotatable bonds is 0. The Kier molecular flexibility index (Phi) is 2.31. The maximum absolute atomic E-state index is 3.32. The van der Waals surface area contributed by atoms with Gasteiger partial charge in [-0.15, -0.1) is 0 Å². The quantitative estimate of drug-likeness (QED) is 0.237. The van der Waals surface area contributed by atoms with Gasteiger partial charge < -0.3 is 0 Å².